The van der Waals surface area contributed by atoms with Gasteiger partial charge in [-0.2, -0.15) is 5.10 Å². The minimum Gasteiger partial charge on any atom is -0.493 e. The summed E-state index contributed by atoms with van der Waals surface area (Å²) < 4.78 is 6.35. The Hall–Kier alpha value is -1.92. The number of hydrazone groups is 1. The maximum absolute atomic E-state index is 5.46. The van der Waals surface area contributed by atoms with E-state index in [1.54, 1.807) is 6.21 Å². The molecule has 0 heterocycles. The quantitative estimate of drug-likeness (QED) is 0.466. The number of hydrogen-bond acceptors (Lipinski definition) is 3. The zero-order valence-electron chi connectivity index (χ0n) is 12.0. The number of anilines is 1. The Morgan fingerprint density at radius 1 is 1.27 bits per heavy atom. The number of benzene rings is 2. The van der Waals surface area contributed by atoms with Crippen LogP contribution in [0.15, 0.2) is 58.1 Å². The first-order valence-corrected chi connectivity index (χ1v) is 7.96. The third kappa shape index (κ3) is 5.13. The van der Waals surface area contributed by atoms with Gasteiger partial charge in [0.2, 0.25) is 0 Å². The van der Waals surface area contributed by atoms with Gasteiger partial charge in [-0.1, -0.05) is 18.2 Å². The van der Waals surface area contributed by atoms with E-state index >= 15 is 0 Å². The molecule has 6 heteroatoms. The van der Waals surface area contributed by atoms with Crippen LogP contribution in [0.2, 0.25) is 0 Å². The second-order valence-corrected chi connectivity index (χ2v) is 5.58. The molecule has 0 atom stereocenters. The van der Waals surface area contributed by atoms with Crippen LogP contribution in [-0.2, 0) is 0 Å². The van der Waals surface area contributed by atoms with Crippen LogP contribution in [0.3, 0.4) is 0 Å². The SMILES string of the molecule is CCOc1ccc(/C=N/NC(=S)Nc2ccccc2)cc1Br. The highest BCUT2D eigenvalue weighted by molar-refractivity contribution is 9.10. The lowest BCUT2D eigenvalue weighted by molar-refractivity contribution is 0.338. The molecule has 0 aliphatic heterocycles. The molecule has 0 fully saturated rings. The Balaban J connectivity index is 1.89. The number of halogens is 1. The first-order chi connectivity index (χ1) is 10.7. The van der Waals surface area contributed by atoms with E-state index in [1.165, 1.54) is 0 Å². The van der Waals surface area contributed by atoms with Crippen molar-refractivity contribution in [3.8, 4) is 5.75 Å². The summed E-state index contributed by atoms with van der Waals surface area (Å²) in [5, 5.41) is 7.59. The summed E-state index contributed by atoms with van der Waals surface area (Å²) in [5.74, 6) is 0.814. The fourth-order valence-electron chi connectivity index (χ4n) is 1.72. The second kappa shape index (κ2) is 8.51. The van der Waals surface area contributed by atoms with Gasteiger partial charge in [0.05, 0.1) is 17.3 Å². The van der Waals surface area contributed by atoms with Gasteiger partial charge in [-0.15, -0.1) is 0 Å². The van der Waals surface area contributed by atoms with Crippen LogP contribution in [0.5, 0.6) is 5.75 Å². The van der Waals surface area contributed by atoms with E-state index in [9.17, 15) is 0 Å². The predicted molar refractivity (Wildman–Crippen MR) is 98.7 cm³/mol. The standard InChI is InChI=1S/C16H16BrN3OS/c1-2-21-15-9-8-12(10-14(15)17)11-18-20-16(22)19-13-6-4-3-5-7-13/h3-11H,2H2,1H3,(H2,19,20,22)/b18-11+. The number of hydrogen-bond donors (Lipinski definition) is 2. The Kier molecular flexibility index (Phi) is 6.36. The lowest BCUT2D eigenvalue weighted by Crippen LogP contribution is -2.23. The van der Waals surface area contributed by atoms with Crippen molar-refractivity contribution in [2.24, 2.45) is 5.10 Å². The van der Waals surface area contributed by atoms with Crippen molar-refractivity contribution >= 4 is 45.2 Å². The number of nitrogens with zero attached hydrogens (tertiary/aromatic N) is 1. The zero-order chi connectivity index (χ0) is 15.8. The van der Waals surface area contributed by atoms with Crippen molar-refractivity contribution in [2.45, 2.75) is 6.92 Å². The summed E-state index contributed by atoms with van der Waals surface area (Å²) in [6, 6.07) is 15.4. The average molecular weight is 378 g/mol. The molecule has 0 aliphatic carbocycles. The molecule has 4 nitrogen and oxygen atoms in total. The Labute approximate surface area is 143 Å². The van der Waals surface area contributed by atoms with Crippen molar-refractivity contribution in [2.75, 3.05) is 11.9 Å². The molecule has 2 N–H and O–H groups in total. The molecular formula is C16H16BrN3OS. The van der Waals surface area contributed by atoms with E-state index in [2.05, 4.69) is 31.8 Å². The molecule has 0 aromatic heterocycles. The molecule has 2 rings (SSSR count). The average Bonchev–Trinajstić information content (AvgIpc) is 2.51. The normalized spacial score (nSPS) is 10.5. The Morgan fingerprint density at radius 3 is 2.73 bits per heavy atom. The Morgan fingerprint density at radius 2 is 2.05 bits per heavy atom. The minimum absolute atomic E-state index is 0.437. The largest absolute Gasteiger partial charge is 0.493 e. The predicted octanol–water partition coefficient (Wildman–Crippen LogP) is 4.17. The lowest BCUT2D eigenvalue weighted by atomic mass is 10.2. The zero-order valence-corrected chi connectivity index (χ0v) is 14.4. The summed E-state index contributed by atoms with van der Waals surface area (Å²) >= 11 is 8.64. The third-order valence-electron chi connectivity index (χ3n) is 2.67. The van der Waals surface area contributed by atoms with Gasteiger partial charge in [-0.05, 0) is 71.0 Å². The molecule has 114 valence electrons. The number of ether oxygens (including phenoxy) is 1. The van der Waals surface area contributed by atoms with Crippen molar-refractivity contribution in [3.63, 3.8) is 0 Å². The van der Waals surface area contributed by atoms with Gasteiger partial charge in [-0.25, -0.2) is 0 Å². The van der Waals surface area contributed by atoms with Crippen molar-refractivity contribution in [3.05, 3.63) is 58.6 Å². The molecule has 0 saturated heterocycles. The highest BCUT2D eigenvalue weighted by Gasteiger charge is 2.00. The van der Waals surface area contributed by atoms with Gasteiger partial charge in [-0.3, -0.25) is 5.43 Å². The van der Waals surface area contributed by atoms with Crippen molar-refractivity contribution in [1.82, 2.24) is 5.43 Å². The molecule has 22 heavy (non-hydrogen) atoms. The third-order valence-corrected chi connectivity index (χ3v) is 3.48. The highest BCUT2D eigenvalue weighted by Crippen LogP contribution is 2.25. The van der Waals surface area contributed by atoms with Gasteiger partial charge in [0, 0.05) is 5.69 Å². The summed E-state index contributed by atoms with van der Waals surface area (Å²) in [6.07, 6.45) is 1.69. The van der Waals surface area contributed by atoms with Crippen LogP contribution in [0, 0.1) is 0 Å². The summed E-state index contributed by atoms with van der Waals surface area (Å²) in [4.78, 5) is 0. The van der Waals surface area contributed by atoms with Gasteiger partial charge in [0.1, 0.15) is 5.75 Å². The van der Waals surface area contributed by atoms with E-state index in [1.807, 2.05) is 55.5 Å². The number of rotatable bonds is 5. The van der Waals surface area contributed by atoms with Crippen LogP contribution in [0.25, 0.3) is 0 Å². The molecule has 0 bridgehead atoms. The monoisotopic (exact) mass is 377 g/mol. The lowest BCUT2D eigenvalue weighted by Gasteiger charge is -2.07. The molecule has 2 aromatic carbocycles. The van der Waals surface area contributed by atoms with Gasteiger partial charge in [0.15, 0.2) is 5.11 Å². The summed E-state index contributed by atoms with van der Waals surface area (Å²) in [7, 11) is 0. The van der Waals surface area contributed by atoms with Gasteiger partial charge < -0.3 is 10.1 Å². The van der Waals surface area contributed by atoms with E-state index in [4.69, 9.17) is 17.0 Å². The van der Waals surface area contributed by atoms with E-state index in [-0.39, 0.29) is 0 Å². The molecule has 0 saturated carbocycles. The van der Waals surface area contributed by atoms with Gasteiger partial charge in [0.25, 0.3) is 0 Å². The maximum Gasteiger partial charge on any atom is 0.191 e. The summed E-state index contributed by atoms with van der Waals surface area (Å²) in [6.45, 7) is 2.58. The number of para-hydroxylation sites is 1. The smallest absolute Gasteiger partial charge is 0.191 e. The van der Waals surface area contributed by atoms with E-state index in [0.717, 1.165) is 21.5 Å². The number of thiocarbonyl (C=S) groups is 1. The van der Waals surface area contributed by atoms with E-state index in [0.29, 0.717) is 11.7 Å². The fourth-order valence-corrected chi connectivity index (χ4v) is 2.40. The first kappa shape index (κ1) is 16.5. The summed E-state index contributed by atoms with van der Waals surface area (Å²) in [5.41, 5.74) is 4.63. The Bertz CT molecular complexity index is 662. The van der Waals surface area contributed by atoms with Crippen LogP contribution in [0.1, 0.15) is 12.5 Å². The molecule has 0 aliphatic rings. The minimum atomic E-state index is 0.437. The van der Waals surface area contributed by atoms with E-state index < -0.39 is 0 Å². The van der Waals surface area contributed by atoms with Crippen molar-refractivity contribution in [1.29, 1.82) is 0 Å². The molecule has 0 unspecified atom stereocenters. The topological polar surface area (TPSA) is 45.6 Å². The fraction of sp³-hybridized carbons (Fsp3) is 0.125. The van der Waals surface area contributed by atoms with Crippen LogP contribution >= 0.6 is 28.1 Å². The second-order valence-electron chi connectivity index (χ2n) is 4.31. The number of nitrogens with one attached hydrogen (secondary N) is 2. The van der Waals surface area contributed by atoms with Crippen LogP contribution in [-0.4, -0.2) is 17.9 Å². The van der Waals surface area contributed by atoms with Gasteiger partial charge >= 0.3 is 0 Å². The molecule has 0 spiro atoms. The maximum atomic E-state index is 5.46. The van der Waals surface area contributed by atoms with Crippen LogP contribution in [0.4, 0.5) is 5.69 Å². The van der Waals surface area contributed by atoms with Crippen LogP contribution < -0.4 is 15.5 Å². The molecule has 0 amide bonds. The highest BCUT2D eigenvalue weighted by atomic mass is 79.9. The molecular weight excluding hydrogens is 362 g/mol. The first-order valence-electron chi connectivity index (χ1n) is 6.76. The molecule has 2 aromatic rings. The molecule has 0 radical (unpaired) electrons. The van der Waals surface area contributed by atoms with Crippen molar-refractivity contribution < 1.29 is 4.74 Å².